The lowest BCUT2D eigenvalue weighted by Crippen LogP contribution is -2.23. The quantitative estimate of drug-likeness (QED) is 0.777. The van der Waals surface area contributed by atoms with Crippen LogP contribution in [0.15, 0.2) is 18.2 Å². The van der Waals surface area contributed by atoms with Crippen molar-refractivity contribution in [3.05, 3.63) is 34.6 Å². The number of benzene rings is 1. The van der Waals surface area contributed by atoms with Crippen LogP contribution in [0.1, 0.15) is 18.0 Å². The molecule has 0 aliphatic rings. The summed E-state index contributed by atoms with van der Waals surface area (Å²) >= 11 is 5.84. The van der Waals surface area contributed by atoms with Gasteiger partial charge in [0.25, 0.3) is 0 Å². The molecule has 1 atom stereocenters. The zero-order chi connectivity index (χ0) is 12.0. The fourth-order valence-corrected chi connectivity index (χ4v) is 1.60. The third-order valence-electron chi connectivity index (χ3n) is 2.10. The molecule has 2 N–H and O–H groups in total. The van der Waals surface area contributed by atoms with Crippen molar-refractivity contribution in [1.82, 2.24) is 5.32 Å². The minimum absolute atomic E-state index is 0.0240. The maximum atomic E-state index is 13.5. The van der Waals surface area contributed by atoms with E-state index in [0.717, 1.165) is 0 Å². The average molecular weight is 243 g/mol. The van der Waals surface area contributed by atoms with Gasteiger partial charge in [0.05, 0.1) is 6.07 Å². The van der Waals surface area contributed by atoms with Crippen LogP contribution >= 0.6 is 11.6 Å². The summed E-state index contributed by atoms with van der Waals surface area (Å²) in [5, 5.41) is 20.6. The van der Waals surface area contributed by atoms with Crippen LogP contribution in [-0.4, -0.2) is 18.3 Å². The monoisotopic (exact) mass is 242 g/mol. The SMILES string of the molecule is N#CC(NCCCO)c1c(F)cccc1Cl. The summed E-state index contributed by atoms with van der Waals surface area (Å²) in [6, 6.07) is 5.44. The zero-order valence-electron chi connectivity index (χ0n) is 8.58. The maximum Gasteiger partial charge on any atom is 0.130 e. The van der Waals surface area contributed by atoms with Crippen LogP contribution in [0.3, 0.4) is 0 Å². The first-order valence-corrected chi connectivity index (χ1v) is 5.26. The number of nitrogens with one attached hydrogen (secondary N) is 1. The minimum atomic E-state index is -0.791. The summed E-state index contributed by atoms with van der Waals surface area (Å²) in [4.78, 5) is 0. The molecule has 0 spiro atoms. The van der Waals surface area contributed by atoms with Crippen LogP contribution in [0.4, 0.5) is 4.39 Å². The normalized spacial score (nSPS) is 12.1. The summed E-state index contributed by atoms with van der Waals surface area (Å²) in [6.07, 6.45) is 0.504. The predicted octanol–water partition coefficient (Wildman–Crippen LogP) is 2.02. The summed E-state index contributed by atoms with van der Waals surface area (Å²) in [6.45, 7) is 0.454. The number of halogens is 2. The fraction of sp³-hybridized carbons (Fsp3) is 0.364. The first-order valence-electron chi connectivity index (χ1n) is 4.88. The number of rotatable bonds is 5. The lowest BCUT2D eigenvalue weighted by Gasteiger charge is -2.13. The second-order valence-electron chi connectivity index (χ2n) is 3.23. The second kappa shape index (κ2) is 6.44. The van der Waals surface area contributed by atoms with Gasteiger partial charge < -0.3 is 5.11 Å². The number of aliphatic hydroxyl groups excluding tert-OH is 1. The van der Waals surface area contributed by atoms with Crippen molar-refractivity contribution < 1.29 is 9.50 Å². The van der Waals surface area contributed by atoms with Crippen molar-refractivity contribution in [2.45, 2.75) is 12.5 Å². The first kappa shape index (κ1) is 12.9. The van der Waals surface area contributed by atoms with Gasteiger partial charge in [-0.25, -0.2) is 4.39 Å². The summed E-state index contributed by atoms with van der Waals surface area (Å²) < 4.78 is 13.5. The van der Waals surface area contributed by atoms with Crippen LogP contribution in [0.5, 0.6) is 0 Å². The van der Waals surface area contributed by atoms with E-state index in [1.807, 2.05) is 6.07 Å². The minimum Gasteiger partial charge on any atom is -0.396 e. The molecule has 0 aliphatic carbocycles. The van der Waals surface area contributed by atoms with Crippen LogP contribution in [0.2, 0.25) is 5.02 Å². The Morgan fingerprint density at radius 1 is 1.56 bits per heavy atom. The Labute approximate surface area is 98.5 Å². The Morgan fingerprint density at radius 2 is 2.31 bits per heavy atom. The highest BCUT2D eigenvalue weighted by molar-refractivity contribution is 6.31. The van der Waals surface area contributed by atoms with Crippen molar-refractivity contribution in [2.75, 3.05) is 13.2 Å². The summed E-state index contributed by atoms with van der Waals surface area (Å²) in [5.41, 5.74) is 0.157. The molecule has 0 radical (unpaired) electrons. The lowest BCUT2D eigenvalue weighted by atomic mass is 10.1. The van der Waals surface area contributed by atoms with Crippen LogP contribution in [0, 0.1) is 17.1 Å². The molecule has 1 unspecified atom stereocenters. The number of nitrogens with zero attached hydrogens (tertiary/aromatic N) is 1. The van der Waals surface area contributed by atoms with Gasteiger partial charge in [0, 0.05) is 17.2 Å². The summed E-state index contributed by atoms with van der Waals surface area (Å²) in [7, 11) is 0. The average Bonchev–Trinajstić information content (AvgIpc) is 2.26. The number of aliphatic hydroxyl groups is 1. The molecule has 5 heteroatoms. The fourth-order valence-electron chi connectivity index (χ4n) is 1.32. The highest BCUT2D eigenvalue weighted by atomic mass is 35.5. The van der Waals surface area contributed by atoms with Crippen molar-refractivity contribution in [2.24, 2.45) is 0 Å². The molecule has 0 aliphatic heterocycles. The Bertz CT molecular complexity index is 372. The molecule has 16 heavy (non-hydrogen) atoms. The van der Waals surface area contributed by atoms with Gasteiger partial charge in [-0.15, -0.1) is 0 Å². The molecule has 0 heterocycles. The van der Waals surface area contributed by atoms with Gasteiger partial charge in [-0.2, -0.15) is 5.26 Å². The van der Waals surface area contributed by atoms with Crippen LogP contribution in [0.25, 0.3) is 0 Å². The molecular weight excluding hydrogens is 231 g/mol. The third-order valence-corrected chi connectivity index (χ3v) is 2.43. The molecule has 0 amide bonds. The van der Waals surface area contributed by atoms with Crippen molar-refractivity contribution in [1.29, 1.82) is 5.26 Å². The van der Waals surface area contributed by atoms with Crippen molar-refractivity contribution in [3.8, 4) is 6.07 Å². The van der Waals surface area contributed by atoms with E-state index in [4.69, 9.17) is 22.0 Å². The molecule has 1 aromatic carbocycles. The number of nitriles is 1. The molecule has 3 nitrogen and oxygen atoms in total. The molecule has 1 aromatic rings. The Morgan fingerprint density at radius 3 is 2.88 bits per heavy atom. The number of hydrogen-bond donors (Lipinski definition) is 2. The van der Waals surface area contributed by atoms with Crippen molar-refractivity contribution >= 4 is 11.6 Å². The van der Waals surface area contributed by atoms with E-state index in [-0.39, 0.29) is 17.2 Å². The molecule has 0 saturated heterocycles. The Kier molecular flexibility index (Phi) is 5.20. The molecule has 0 aromatic heterocycles. The van der Waals surface area contributed by atoms with Gasteiger partial charge in [-0.05, 0) is 25.1 Å². The molecule has 1 rings (SSSR count). The molecule has 0 bridgehead atoms. The lowest BCUT2D eigenvalue weighted by molar-refractivity contribution is 0.285. The highest BCUT2D eigenvalue weighted by Crippen LogP contribution is 2.25. The van der Waals surface area contributed by atoms with E-state index in [0.29, 0.717) is 13.0 Å². The smallest absolute Gasteiger partial charge is 0.130 e. The largest absolute Gasteiger partial charge is 0.396 e. The van der Waals surface area contributed by atoms with E-state index >= 15 is 0 Å². The van der Waals surface area contributed by atoms with Gasteiger partial charge >= 0.3 is 0 Å². The van der Waals surface area contributed by atoms with Gasteiger partial charge in [0.2, 0.25) is 0 Å². The second-order valence-corrected chi connectivity index (χ2v) is 3.64. The zero-order valence-corrected chi connectivity index (χ0v) is 9.34. The van der Waals surface area contributed by atoms with E-state index in [9.17, 15) is 4.39 Å². The number of hydrogen-bond acceptors (Lipinski definition) is 3. The van der Waals surface area contributed by atoms with E-state index in [1.54, 1.807) is 0 Å². The van der Waals surface area contributed by atoms with E-state index < -0.39 is 11.9 Å². The van der Waals surface area contributed by atoms with Crippen molar-refractivity contribution in [3.63, 3.8) is 0 Å². The Hall–Kier alpha value is -1.15. The van der Waals surface area contributed by atoms with Gasteiger partial charge in [-0.3, -0.25) is 5.32 Å². The molecule has 86 valence electrons. The van der Waals surface area contributed by atoms with Gasteiger partial charge in [0.15, 0.2) is 0 Å². The standard InChI is InChI=1S/C11H12ClFN2O/c12-8-3-1-4-9(13)11(8)10(7-14)15-5-2-6-16/h1,3-4,10,15-16H,2,5-6H2. The van der Waals surface area contributed by atoms with E-state index in [1.165, 1.54) is 18.2 Å². The van der Waals surface area contributed by atoms with Crippen LogP contribution in [-0.2, 0) is 0 Å². The Balaban J connectivity index is 2.83. The highest BCUT2D eigenvalue weighted by Gasteiger charge is 2.17. The van der Waals surface area contributed by atoms with Crippen LogP contribution < -0.4 is 5.32 Å². The third kappa shape index (κ3) is 3.17. The first-order chi connectivity index (χ1) is 7.70. The molecule has 0 saturated carbocycles. The topological polar surface area (TPSA) is 56.0 Å². The van der Waals surface area contributed by atoms with Gasteiger partial charge in [-0.1, -0.05) is 17.7 Å². The maximum absolute atomic E-state index is 13.5. The van der Waals surface area contributed by atoms with E-state index in [2.05, 4.69) is 5.32 Å². The molecule has 0 fully saturated rings. The molecular formula is C11H12ClFN2O. The summed E-state index contributed by atoms with van der Waals surface area (Å²) in [5.74, 6) is -0.504. The predicted molar refractivity (Wildman–Crippen MR) is 59.5 cm³/mol. The van der Waals surface area contributed by atoms with Gasteiger partial charge in [0.1, 0.15) is 11.9 Å².